The van der Waals surface area contributed by atoms with Crippen molar-refractivity contribution in [2.24, 2.45) is 0 Å². The van der Waals surface area contributed by atoms with Crippen molar-refractivity contribution in [3.63, 3.8) is 0 Å². The number of nitrogens with zero attached hydrogens (tertiary/aromatic N) is 2. The first-order chi connectivity index (χ1) is 12.2. The molecule has 2 aromatic heterocycles. The average molecular weight is 464 g/mol. The average Bonchev–Trinajstić information content (AvgIpc) is 3.13. The van der Waals surface area contributed by atoms with Crippen LogP contribution in [0, 0.1) is 0 Å². The number of benzene rings is 2. The molecule has 0 saturated heterocycles. The molecule has 0 radical (unpaired) electrons. The molecule has 0 aliphatic rings. The summed E-state index contributed by atoms with van der Waals surface area (Å²) in [5.41, 5.74) is 0.369. The summed E-state index contributed by atoms with van der Waals surface area (Å²) in [5, 5.41) is 1.76. The van der Waals surface area contributed by atoms with Gasteiger partial charge in [0.2, 0.25) is 0 Å². The van der Waals surface area contributed by atoms with Gasteiger partial charge in [-0.1, -0.05) is 0 Å². The van der Waals surface area contributed by atoms with E-state index in [0.29, 0.717) is 0 Å². The van der Waals surface area contributed by atoms with Gasteiger partial charge in [-0.15, -0.1) is 0 Å². The Hall–Kier alpha value is -1.58. The Morgan fingerprint density at radius 3 is 1.52 bits per heavy atom. The van der Waals surface area contributed by atoms with Gasteiger partial charge >= 0.3 is 157 Å². The SMILES string of the molecule is O=c1c2ccccc2[se]n1CCCCCn1[se]c2ccccc2c1=O. The molecule has 2 heterocycles. The molecule has 0 amide bonds. The predicted octanol–water partition coefficient (Wildman–Crippen LogP) is 2.30. The Bertz CT molecular complexity index is 1040. The molecule has 25 heavy (non-hydrogen) atoms. The molecule has 0 unspecified atom stereocenters. The van der Waals surface area contributed by atoms with Crippen LogP contribution in [0.1, 0.15) is 19.3 Å². The summed E-state index contributed by atoms with van der Waals surface area (Å²) >= 11 is 0.257. The van der Waals surface area contributed by atoms with Crippen LogP contribution < -0.4 is 11.1 Å². The van der Waals surface area contributed by atoms with Crippen LogP contribution >= 0.6 is 0 Å². The van der Waals surface area contributed by atoms with E-state index in [0.717, 1.165) is 43.1 Å². The maximum atomic E-state index is 12.3. The molecule has 4 nitrogen and oxygen atoms in total. The van der Waals surface area contributed by atoms with Gasteiger partial charge in [-0.2, -0.15) is 0 Å². The van der Waals surface area contributed by atoms with Crippen molar-refractivity contribution < 1.29 is 0 Å². The molecule has 0 bridgehead atoms. The second kappa shape index (κ2) is 7.35. The van der Waals surface area contributed by atoms with E-state index in [1.165, 1.54) is 8.52 Å². The zero-order valence-corrected chi connectivity index (χ0v) is 17.1. The molecular weight excluding hydrogens is 446 g/mol. The van der Waals surface area contributed by atoms with Gasteiger partial charge < -0.3 is 0 Å². The van der Waals surface area contributed by atoms with E-state index in [1.54, 1.807) is 0 Å². The van der Waals surface area contributed by atoms with Crippen molar-refractivity contribution in [2.75, 3.05) is 0 Å². The fraction of sp³-hybridized carbons (Fsp3) is 0.263. The summed E-state index contributed by atoms with van der Waals surface area (Å²) in [6.45, 7) is 1.65. The summed E-state index contributed by atoms with van der Waals surface area (Å²) in [6.07, 6.45) is 3.05. The second-order valence-corrected chi connectivity index (χ2v) is 10.5. The normalized spacial score (nSPS) is 11.5. The van der Waals surface area contributed by atoms with Crippen LogP contribution in [0.25, 0.3) is 19.3 Å². The van der Waals surface area contributed by atoms with Crippen LogP contribution in [0.2, 0.25) is 0 Å². The third kappa shape index (κ3) is 3.40. The third-order valence-corrected chi connectivity index (χ3v) is 9.03. The zero-order chi connectivity index (χ0) is 17.2. The predicted molar refractivity (Wildman–Crippen MR) is 104 cm³/mol. The number of fused-ring (bicyclic) bond motifs is 2. The van der Waals surface area contributed by atoms with Crippen LogP contribution in [-0.2, 0) is 13.1 Å². The molecule has 6 heteroatoms. The van der Waals surface area contributed by atoms with Crippen molar-refractivity contribution >= 4 is 48.8 Å². The van der Waals surface area contributed by atoms with Gasteiger partial charge in [0.25, 0.3) is 0 Å². The van der Waals surface area contributed by atoms with Gasteiger partial charge in [0.1, 0.15) is 0 Å². The van der Waals surface area contributed by atoms with Crippen LogP contribution in [0.3, 0.4) is 0 Å². The summed E-state index contributed by atoms with van der Waals surface area (Å²) in [4.78, 5) is 24.7. The molecule has 0 atom stereocenters. The van der Waals surface area contributed by atoms with Crippen molar-refractivity contribution in [1.29, 1.82) is 0 Å². The Labute approximate surface area is 157 Å². The molecule has 2 aromatic carbocycles. The van der Waals surface area contributed by atoms with Gasteiger partial charge in [0.05, 0.1) is 0 Å². The number of unbranched alkanes of at least 4 members (excludes halogenated alkanes) is 2. The van der Waals surface area contributed by atoms with Crippen LogP contribution in [0.4, 0.5) is 0 Å². The summed E-state index contributed by atoms with van der Waals surface area (Å²) in [6, 6.07) is 15.9. The van der Waals surface area contributed by atoms with Crippen LogP contribution in [0.15, 0.2) is 58.1 Å². The molecule has 0 N–H and O–H groups in total. The van der Waals surface area contributed by atoms with Crippen LogP contribution in [0.5, 0.6) is 0 Å². The Morgan fingerprint density at radius 2 is 1.08 bits per heavy atom. The molecule has 0 aliphatic heterocycles. The van der Waals surface area contributed by atoms with Gasteiger partial charge in [-0.05, 0) is 0 Å². The molecule has 0 fully saturated rings. The van der Waals surface area contributed by atoms with E-state index in [1.807, 2.05) is 43.5 Å². The molecule has 128 valence electrons. The van der Waals surface area contributed by atoms with Crippen molar-refractivity contribution in [2.45, 2.75) is 32.4 Å². The Morgan fingerprint density at radius 1 is 0.640 bits per heavy atom. The van der Waals surface area contributed by atoms with E-state index < -0.39 is 0 Å². The first kappa shape index (κ1) is 16.9. The number of hydrogen-bond acceptors (Lipinski definition) is 2. The van der Waals surface area contributed by atoms with E-state index in [-0.39, 0.29) is 40.6 Å². The number of rotatable bonds is 6. The minimum absolute atomic E-state index is 0.128. The first-order valence-electron chi connectivity index (χ1n) is 8.42. The van der Waals surface area contributed by atoms with E-state index in [4.69, 9.17) is 0 Å². The quantitative estimate of drug-likeness (QED) is 0.325. The van der Waals surface area contributed by atoms with Gasteiger partial charge in [-0.25, -0.2) is 0 Å². The number of aryl methyl sites for hydroxylation is 2. The maximum absolute atomic E-state index is 12.3. The Kier molecular flexibility index (Phi) is 4.96. The van der Waals surface area contributed by atoms with Gasteiger partial charge in [0.15, 0.2) is 0 Å². The van der Waals surface area contributed by atoms with Gasteiger partial charge in [0, 0.05) is 0 Å². The van der Waals surface area contributed by atoms with Crippen molar-refractivity contribution in [1.82, 2.24) is 7.12 Å². The fourth-order valence-electron chi connectivity index (χ4n) is 3.02. The first-order valence-corrected chi connectivity index (χ1v) is 11.7. The van der Waals surface area contributed by atoms with E-state index >= 15 is 0 Å². The molecule has 0 spiro atoms. The molecule has 0 aliphatic carbocycles. The van der Waals surface area contributed by atoms with E-state index in [2.05, 4.69) is 12.1 Å². The third-order valence-electron chi connectivity index (χ3n) is 4.33. The number of hydrogen-bond donors (Lipinski definition) is 0. The summed E-state index contributed by atoms with van der Waals surface area (Å²) in [7, 11) is 0. The van der Waals surface area contributed by atoms with E-state index in [9.17, 15) is 9.59 Å². The number of aromatic nitrogens is 2. The van der Waals surface area contributed by atoms with Crippen molar-refractivity contribution in [3.05, 3.63) is 69.2 Å². The fourth-order valence-corrected chi connectivity index (χ4v) is 7.35. The standard InChI is InChI=1S/C19H18N2O2Se2/c22-18-14-8-2-4-10-16(14)24-20(18)12-6-1-7-13-21-19(23)15-9-3-5-11-17(15)25-21/h2-5,8-11H,1,6-7,12-13H2. The zero-order valence-electron chi connectivity index (χ0n) is 13.7. The minimum atomic E-state index is 0.128. The molecule has 0 saturated carbocycles. The Balaban J connectivity index is 1.35. The monoisotopic (exact) mass is 466 g/mol. The summed E-state index contributed by atoms with van der Waals surface area (Å²) in [5.74, 6) is 0. The van der Waals surface area contributed by atoms with Crippen molar-refractivity contribution in [3.8, 4) is 0 Å². The molecule has 4 rings (SSSR count). The summed E-state index contributed by atoms with van der Waals surface area (Å²) < 4.78 is 6.39. The van der Waals surface area contributed by atoms with Gasteiger partial charge in [-0.3, -0.25) is 0 Å². The topological polar surface area (TPSA) is 44.0 Å². The molecular formula is C19H18N2O2Se2. The van der Waals surface area contributed by atoms with Crippen LogP contribution in [-0.4, -0.2) is 36.6 Å². The molecule has 4 aromatic rings. The second-order valence-electron chi connectivity index (χ2n) is 6.05.